The minimum absolute atomic E-state index is 0.0818. The van der Waals surface area contributed by atoms with Crippen LogP contribution >= 0.6 is 0 Å². The first-order valence-electron chi connectivity index (χ1n) is 10.9. The molecule has 0 radical (unpaired) electrons. The summed E-state index contributed by atoms with van der Waals surface area (Å²) in [6.45, 7) is 4.76. The van der Waals surface area contributed by atoms with Gasteiger partial charge in [-0.05, 0) is 55.7 Å². The van der Waals surface area contributed by atoms with Gasteiger partial charge in [-0.15, -0.1) is 0 Å². The van der Waals surface area contributed by atoms with Crippen LogP contribution in [0.5, 0.6) is 0 Å². The summed E-state index contributed by atoms with van der Waals surface area (Å²) in [4.78, 5) is 20.7. The zero-order valence-corrected chi connectivity index (χ0v) is 18.4. The van der Waals surface area contributed by atoms with E-state index < -0.39 is 6.04 Å². The van der Waals surface area contributed by atoms with E-state index in [4.69, 9.17) is 0 Å². The Bertz CT molecular complexity index is 1150. The maximum atomic E-state index is 13.2. The van der Waals surface area contributed by atoms with Crippen LogP contribution in [0.1, 0.15) is 28.4 Å². The van der Waals surface area contributed by atoms with E-state index in [9.17, 15) is 4.79 Å². The van der Waals surface area contributed by atoms with Gasteiger partial charge in [-0.25, -0.2) is 4.98 Å². The molecule has 0 saturated carbocycles. The summed E-state index contributed by atoms with van der Waals surface area (Å²) >= 11 is 0. The van der Waals surface area contributed by atoms with Crippen molar-refractivity contribution in [2.75, 3.05) is 11.9 Å². The first kappa shape index (κ1) is 21.5. The highest BCUT2D eigenvalue weighted by Gasteiger charge is 2.20. The fraction of sp³-hybridized carbons (Fsp3) is 0.185. The van der Waals surface area contributed by atoms with Crippen LogP contribution in [0.15, 0.2) is 85.1 Å². The number of benzene rings is 3. The number of aryl methyl sites for hydroxylation is 2. The highest BCUT2D eigenvalue weighted by atomic mass is 16.2. The monoisotopic (exact) mass is 424 g/mol. The molecule has 0 aliphatic carbocycles. The number of carbonyl (C=O) groups excluding carboxylic acids is 1. The van der Waals surface area contributed by atoms with Gasteiger partial charge in [-0.3, -0.25) is 4.79 Å². The average molecular weight is 425 g/mol. The number of carbonyl (C=O) groups is 1. The number of hydrogen-bond acceptors (Lipinski definition) is 3. The molecule has 3 aromatic carbocycles. The Hall–Kier alpha value is -3.70. The number of nitrogens with one attached hydrogen (secondary N) is 3. The van der Waals surface area contributed by atoms with E-state index in [0.29, 0.717) is 6.54 Å². The highest BCUT2D eigenvalue weighted by Crippen LogP contribution is 2.20. The number of hydrogen-bond donors (Lipinski definition) is 3. The molecule has 162 valence electrons. The van der Waals surface area contributed by atoms with E-state index in [-0.39, 0.29) is 5.91 Å². The van der Waals surface area contributed by atoms with Gasteiger partial charge >= 0.3 is 0 Å². The molecule has 3 N–H and O–H groups in total. The molecule has 1 amide bonds. The van der Waals surface area contributed by atoms with Gasteiger partial charge in [0.05, 0.1) is 0 Å². The summed E-state index contributed by atoms with van der Waals surface area (Å²) in [6.07, 6.45) is 2.66. The molecule has 1 aromatic heterocycles. The largest absolute Gasteiger partial charge is 0.342 e. The van der Waals surface area contributed by atoms with Gasteiger partial charge in [-0.1, -0.05) is 60.2 Å². The molecule has 0 unspecified atom stereocenters. The number of H-pyrrole nitrogens is 1. The van der Waals surface area contributed by atoms with Gasteiger partial charge in [0, 0.05) is 29.7 Å². The molecule has 1 atom stereocenters. The van der Waals surface area contributed by atoms with Crippen LogP contribution in [0.25, 0.3) is 11.4 Å². The molecule has 0 spiro atoms. The number of anilines is 1. The molecular weight excluding hydrogens is 396 g/mol. The number of imidazole rings is 1. The summed E-state index contributed by atoms with van der Waals surface area (Å²) in [7, 11) is 0. The minimum atomic E-state index is -0.436. The van der Waals surface area contributed by atoms with E-state index >= 15 is 0 Å². The third-order valence-electron chi connectivity index (χ3n) is 5.41. The Labute approximate surface area is 188 Å². The molecule has 4 aromatic rings. The highest BCUT2D eigenvalue weighted by molar-refractivity contribution is 5.95. The Morgan fingerprint density at radius 2 is 1.66 bits per heavy atom. The van der Waals surface area contributed by atoms with Gasteiger partial charge < -0.3 is 15.6 Å². The second-order valence-corrected chi connectivity index (χ2v) is 8.01. The zero-order valence-electron chi connectivity index (χ0n) is 18.4. The SMILES string of the molecule is Cc1ccc(CCN[C@@H](C(=O)Nc2ccc(-c3ncc(C)[nH]3)cc2)c2ccccc2)cc1. The molecule has 0 saturated heterocycles. The predicted molar refractivity (Wildman–Crippen MR) is 129 cm³/mol. The number of rotatable bonds is 8. The van der Waals surface area contributed by atoms with Crippen molar-refractivity contribution >= 4 is 11.6 Å². The molecule has 5 heteroatoms. The van der Waals surface area contributed by atoms with Crippen LogP contribution in [0.3, 0.4) is 0 Å². The number of nitrogens with zero attached hydrogens (tertiary/aromatic N) is 1. The quantitative estimate of drug-likeness (QED) is 0.364. The van der Waals surface area contributed by atoms with E-state index in [1.807, 2.05) is 61.5 Å². The summed E-state index contributed by atoms with van der Waals surface area (Å²) in [5.74, 6) is 0.738. The lowest BCUT2D eigenvalue weighted by Crippen LogP contribution is -2.34. The van der Waals surface area contributed by atoms with Crippen molar-refractivity contribution < 1.29 is 4.79 Å². The average Bonchev–Trinajstić information content (AvgIpc) is 3.25. The predicted octanol–water partition coefficient (Wildman–Crippen LogP) is 5.21. The normalized spacial score (nSPS) is 11.8. The first-order valence-corrected chi connectivity index (χ1v) is 10.9. The van der Waals surface area contributed by atoms with E-state index in [0.717, 1.165) is 34.8 Å². The fourth-order valence-corrected chi connectivity index (χ4v) is 3.61. The molecule has 0 bridgehead atoms. The molecule has 4 rings (SSSR count). The smallest absolute Gasteiger partial charge is 0.246 e. The molecule has 0 fully saturated rings. The van der Waals surface area contributed by atoms with Crippen molar-refractivity contribution in [1.82, 2.24) is 15.3 Å². The van der Waals surface area contributed by atoms with Gasteiger partial charge in [0.1, 0.15) is 11.9 Å². The van der Waals surface area contributed by atoms with E-state index in [2.05, 4.69) is 51.8 Å². The van der Waals surface area contributed by atoms with E-state index in [1.165, 1.54) is 11.1 Å². The maximum absolute atomic E-state index is 13.2. The summed E-state index contributed by atoms with van der Waals surface area (Å²) in [5.41, 5.74) is 6.18. The first-order chi connectivity index (χ1) is 15.6. The Kier molecular flexibility index (Phi) is 6.78. The zero-order chi connectivity index (χ0) is 22.3. The lowest BCUT2D eigenvalue weighted by molar-refractivity contribution is -0.118. The van der Waals surface area contributed by atoms with Crippen LogP contribution in [0, 0.1) is 13.8 Å². The van der Waals surface area contributed by atoms with Crippen molar-refractivity contribution in [2.45, 2.75) is 26.3 Å². The van der Waals surface area contributed by atoms with Crippen molar-refractivity contribution in [3.8, 4) is 11.4 Å². The van der Waals surface area contributed by atoms with Crippen LogP contribution in [-0.2, 0) is 11.2 Å². The van der Waals surface area contributed by atoms with Gasteiger partial charge in [0.15, 0.2) is 0 Å². The summed E-state index contributed by atoms with van der Waals surface area (Å²) in [5, 5.41) is 6.48. The lowest BCUT2D eigenvalue weighted by Gasteiger charge is -2.19. The second kappa shape index (κ2) is 10.1. The number of aromatic nitrogens is 2. The Morgan fingerprint density at radius 3 is 2.31 bits per heavy atom. The van der Waals surface area contributed by atoms with Crippen molar-refractivity contribution in [3.63, 3.8) is 0 Å². The van der Waals surface area contributed by atoms with Crippen LogP contribution in [0.4, 0.5) is 5.69 Å². The third-order valence-corrected chi connectivity index (χ3v) is 5.41. The van der Waals surface area contributed by atoms with Crippen molar-refractivity contribution in [2.24, 2.45) is 0 Å². The van der Waals surface area contributed by atoms with Crippen molar-refractivity contribution in [1.29, 1.82) is 0 Å². The molecule has 0 aliphatic rings. The minimum Gasteiger partial charge on any atom is -0.342 e. The fourth-order valence-electron chi connectivity index (χ4n) is 3.61. The standard InChI is InChI=1S/C27H28N4O/c1-19-8-10-21(11-9-19)16-17-28-25(22-6-4-3-5-7-22)27(32)31-24-14-12-23(13-15-24)26-29-18-20(2)30-26/h3-15,18,25,28H,16-17H2,1-2H3,(H,29,30)(H,31,32)/t25-/m1/s1. The second-order valence-electron chi connectivity index (χ2n) is 8.01. The number of aromatic amines is 1. The molecule has 5 nitrogen and oxygen atoms in total. The molecule has 1 heterocycles. The van der Waals surface area contributed by atoms with Crippen molar-refractivity contribution in [3.05, 3.63) is 107 Å². The third kappa shape index (κ3) is 5.50. The van der Waals surface area contributed by atoms with Crippen LogP contribution in [0.2, 0.25) is 0 Å². The van der Waals surface area contributed by atoms with Gasteiger partial charge in [-0.2, -0.15) is 0 Å². The molecule has 0 aliphatic heterocycles. The summed E-state index contributed by atoms with van der Waals surface area (Å²) < 4.78 is 0. The van der Waals surface area contributed by atoms with Crippen LogP contribution in [-0.4, -0.2) is 22.4 Å². The van der Waals surface area contributed by atoms with Gasteiger partial charge in [0.2, 0.25) is 5.91 Å². The number of amides is 1. The molecule has 32 heavy (non-hydrogen) atoms. The summed E-state index contributed by atoms with van der Waals surface area (Å²) in [6, 6.07) is 25.6. The van der Waals surface area contributed by atoms with Gasteiger partial charge in [0.25, 0.3) is 0 Å². The topological polar surface area (TPSA) is 69.8 Å². The lowest BCUT2D eigenvalue weighted by atomic mass is 10.0. The Balaban J connectivity index is 1.43. The molecular formula is C27H28N4O. The van der Waals surface area contributed by atoms with Crippen LogP contribution < -0.4 is 10.6 Å². The maximum Gasteiger partial charge on any atom is 0.246 e. The Morgan fingerprint density at radius 1 is 0.938 bits per heavy atom. The van der Waals surface area contributed by atoms with E-state index in [1.54, 1.807) is 6.20 Å².